The molecule has 20 heavy (non-hydrogen) atoms. The summed E-state index contributed by atoms with van der Waals surface area (Å²) >= 11 is 3.34. The predicted octanol–water partition coefficient (Wildman–Crippen LogP) is 3.87. The first-order chi connectivity index (χ1) is 9.43. The van der Waals surface area contributed by atoms with Gasteiger partial charge in [-0.3, -0.25) is 4.79 Å². The van der Waals surface area contributed by atoms with Gasteiger partial charge in [0.25, 0.3) is 0 Å². The van der Waals surface area contributed by atoms with E-state index >= 15 is 0 Å². The molecular weight excluding hydrogens is 320 g/mol. The summed E-state index contributed by atoms with van der Waals surface area (Å²) in [4.78, 5) is 10.9. The minimum Gasteiger partial charge on any atom is -0.481 e. The van der Waals surface area contributed by atoms with Crippen LogP contribution < -0.4 is 5.32 Å². The van der Waals surface area contributed by atoms with Gasteiger partial charge in [-0.15, -0.1) is 0 Å². The maximum absolute atomic E-state index is 10.9. The number of hydrogen-bond donors (Lipinski definition) is 2. The Morgan fingerprint density at radius 1 is 1.50 bits per heavy atom. The summed E-state index contributed by atoms with van der Waals surface area (Å²) in [5.41, 5.74) is 1.28. The average molecular weight is 339 g/mol. The van der Waals surface area contributed by atoms with Gasteiger partial charge in [-0.2, -0.15) is 5.26 Å². The van der Waals surface area contributed by atoms with Crippen LogP contribution in [0.1, 0.15) is 32.3 Å². The zero-order valence-electron chi connectivity index (χ0n) is 11.7. The highest BCUT2D eigenvalue weighted by Crippen LogP contribution is 2.25. The number of rotatable bonds is 7. The number of nitrogens with one attached hydrogen (secondary N) is 1. The van der Waals surface area contributed by atoms with Gasteiger partial charge in [0.2, 0.25) is 0 Å². The Balaban J connectivity index is 2.74. The summed E-state index contributed by atoms with van der Waals surface area (Å²) in [5.74, 6) is -0.288. The number of benzene rings is 1. The Hall–Kier alpha value is -1.54. The normalized spacial score (nSPS) is 11.9. The van der Waals surface area contributed by atoms with Crippen molar-refractivity contribution in [2.75, 3.05) is 11.9 Å². The minimum absolute atomic E-state index is 0.0537. The molecule has 0 radical (unpaired) electrons. The molecule has 0 fully saturated rings. The lowest BCUT2D eigenvalue weighted by atomic mass is 9.94. The van der Waals surface area contributed by atoms with Crippen LogP contribution in [0.25, 0.3) is 0 Å². The van der Waals surface area contributed by atoms with Gasteiger partial charge in [-0.05, 0) is 46.3 Å². The molecule has 0 heterocycles. The van der Waals surface area contributed by atoms with Crippen molar-refractivity contribution in [3.8, 4) is 6.07 Å². The molecule has 1 rings (SSSR count). The molecule has 5 heteroatoms. The van der Waals surface area contributed by atoms with Crippen molar-refractivity contribution < 1.29 is 9.90 Å². The van der Waals surface area contributed by atoms with E-state index in [2.05, 4.69) is 41.2 Å². The van der Waals surface area contributed by atoms with E-state index in [9.17, 15) is 4.79 Å². The molecule has 1 unspecified atom stereocenters. The first-order valence-electron chi connectivity index (χ1n) is 6.58. The lowest BCUT2D eigenvalue weighted by Gasteiger charge is -2.19. The third-order valence-electron chi connectivity index (χ3n) is 2.97. The fourth-order valence-electron chi connectivity index (χ4n) is 2.19. The Morgan fingerprint density at radius 2 is 2.20 bits per heavy atom. The minimum atomic E-state index is -0.785. The molecule has 2 N–H and O–H groups in total. The van der Waals surface area contributed by atoms with E-state index in [0.717, 1.165) is 16.6 Å². The molecule has 0 aromatic heterocycles. The summed E-state index contributed by atoms with van der Waals surface area (Å²) in [7, 11) is 0. The molecule has 0 saturated heterocycles. The Morgan fingerprint density at radius 3 is 2.75 bits per heavy atom. The molecule has 0 saturated carbocycles. The van der Waals surface area contributed by atoms with Crippen molar-refractivity contribution in [3.63, 3.8) is 0 Å². The Kier molecular flexibility index (Phi) is 6.53. The van der Waals surface area contributed by atoms with Crippen molar-refractivity contribution in [2.24, 2.45) is 11.8 Å². The molecule has 1 aromatic carbocycles. The van der Waals surface area contributed by atoms with Crippen LogP contribution in [0.5, 0.6) is 0 Å². The number of anilines is 1. The third-order valence-corrected chi connectivity index (χ3v) is 3.64. The molecule has 4 nitrogen and oxygen atoms in total. The number of carboxylic acids is 1. The van der Waals surface area contributed by atoms with Crippen LogP contribution in [0.4, 0.5) is 5.69 Å². The number of nitriles is 1. The van der Waals surface area contributed by atoms with Gasteiger partial charge in [0.1, 0.15) is 6.07 Å². The smallest absolute Gasteiger partial charge is 0.303 e. The maximum Gasteiger partial charge on any atom is 0.303 e. The second-order valence-electron chi connectivity index (χ2n) is 5.25. The molecule has 1 atom stereocenters. The van der Waals surface area contributed by atoms with Crippen molar-refractivity contribution in [1.82, 2.24) is 0 Å². The van der Waals surface area contributed by atoms with Gasteiger partial charge >= 0.3 is 5.97 Å². The fraction of sp³-hybridized carbons (Fsp3) is 0.467. The number of nitrogens with zero attached hydrogens (tertiary/aromatic N) is 1. The van der Waals surface area contributed by atoms with E-state index in [1.165, 1.54) is 0 Å². The highest BCUT2D eigenvalue weighted by atomic mass is 79.9. The maximum atomic E-state index is 10.9. The fourth-order valence-corrected chi connectivity index (χ4v) is 2.65. The van der Waals surface area contributed by atoms with Crippen LogP contribution in [0.3, 0.4) is 0 Å². The zero-order valence-corrected chi connectivity index (χ0v) is 13.3. The largest absolute Gasteiger partial charge is 0.481 e. The molecule has 0 aliphatic heterocycles. The topological polar surface area (TPSA) is 73.1 Å². The molecule has 1 aromatic rings. The standard InChI is InChI=1S/C15H19BrN2O2/c1-10(2)6-11(7-15(19)20)9-18-14-5-3-4-13(16)12(14)8-17/h3-5,10-11,18H,6-7,9H2,1-2H3,(H,19,20). The zero-order chi connectivity index (χ0) is 15.1. The van der Waals surface area contributed by atoms with E-state index in [0.29, 0.717) is 18.0 Å². The molecular formula is C15H19BrN2O2. The van der Waals surface area contributed by atoms with Gasteiger partial charge in [0, 0.05) is 17.4 Å². The van der Waals surface area contributed by atoms with E-state index in [1.54, 1.807) is 0 Å². The summed E-state index contributed by atoms with van der Waals surface area (Å²) in [6, 6.07) is 7.63. The molecule has 0 bridgehead atoms. The van der Waals surface area contributed by atoms with Crippen LogP contribution in [-0.2, 0) is 4.79 Å². The lowest BCUT2D eigenvalue weighted by Crippen LogP contribution is -2.20. The van der Waals surface area contributed by atoms with E-state index in [1.807, 2.05) is 18.2 Å². The van der Waals surface area contributed by atoms with Crippen molar-refractivity contribution >= 4 is 27.6 Å². The monoisotopic (exact) mass is 338 g/mol. The molecule has 0 spiro atoms. The number of aliphatic carboxylic acids is 1. The highest BCUT2D eigenvalue weighted by Gasteiger charge is 2.16. The van der Waals surface area contributed by atoms with Gasteiger partial charge in [-0.25, -0.2) is 0 Å². The van der Waals surface area contributed by atoms with Crippen LogP contribution >= 0.6 is 15.9 Å². The summed E-state index contributed by atoms with van der Waals surface area (Å²) in [6.07, 6.45) is 0.982. The summed E-state index contributed by atoms with van der Waals surface area (Å²) in [6.45, 7) is 4.71. The molecule has 0 aliphatic carbocycles. The highest BCUT2D eigenvalue weighted by molar-refractivity contribution is 9.10. The number of hydrogen-bond acceptors (Lipinski definition) is 3. The van der Waals surface area contributed by atoms with E-state index < -0.39 is 5.97 Å². The molecule has 108 valence electrons. The van der Waals surface area contributed by atoms with Crippen molar-refractivity contribution in [1.29, 1.82) is 5.26 Å². The molecule has 0 amide bonds. The van der Waals surface area contributed by atoms with E-state index in [4.69, 9.17) is 10.4 Å². The van der Waals surface area contributed by atoms with Crippen LogP contribution in [0.2, 0.25) is 0 Å². The third kappa shape index (κ3) is 5.22. The lowest BCUT2D eigenvalue weighted by molar-refractivity contribution is -0.138. The second-order valence-corrected chi connectivity index (χ2v) is 6.10. The summed E-state index contributed by atoms with van der Waals surface area (Å²) in [5, 5.41) is 21.3. The number of carboxylic acid groups (broad SMARTS) is 1. The van der Waals surface area contributed by atoms with Gasteiger partial charge in [0.05, 0.1) is 11.3 Å². The predicted molar refractivity (Wildman–Crippen MR) is 82.5 cm³/mol. The van der Waals surface area contributed by atoms with E-state index in [-0.39, 0.29) is 12.3 Å². The SMILES string of the molecule is CC(C)CC(CNc1cccc(Br)c1C#N)CC(=O)O. The van der Waals surface area contributed by atoms with Gasteiger partial charge < -0.3 is 10.4 Å². The molecule has 0 aliphatic rings. The quantitative estimate of drug-likeness (QED) is 0.791. The van der Waals surface area contributed by atoms with Crippen LogP contribution in [0, 0.1) is 23.2 Å². The van der Waals surface area contributed by atoms with Crippen molar-refractivity contribution in [3.05, 3.63) is 28.2 Å². The van der Waals surface area contributed by atoms with Gasteiger partial charge in [-0.1, -0.05) is 19.9 Å². The number of halogens is 1. The van der Waals surface area contributed by atoms with Crippen LogP contribution in [0.15, 0.2) is 22.7 Å². The average Bonchev–Trinajstić information content (AvgIpc) is 2.34. The first-order valence-corrected chi connectivity index (χ1v) is 7.37. The Labute approximate surface area is 127 Å². The Bertz CT molecular complexity index is 509. The van der Waals surface area contributed by atoms with Crippen molar-refractivity contribution in [2.45, 2.75) is 26.7 Å². The first kappa shape index (κ1) is 16.5. The number of carbonyl (C=O) groups is 1. The van der Waals surface area contributed by atoms with Gasteiger partial charge in [0.15, 0.2) is 0 Å². The summed E-state index contributed by atoms with van der Waals surface area (Å²) < 4.78 is 0.739. The van der Waals surface area contributed by atoms with Crippen LogP contribution in [-0.4, -0.2) is 17.6 Å². The second kappa shape index (κ2) is 7.91.